The second-order valence-corrected chi connectivity index (χ2v) is 5.71. The molecule has 1 atom stereocenters. The van der Waals surface area contributed by atoms with Crippen LogP contribution < -0.4 is 11.1 Å². The number of nitrogens with zero attached hydrogens (tertiary/aromatic N) is 1. The lowest BCUT2D eigenvalue weighted by Gasteiger charge is -2.07. The number of nitrogens with one attached hydrogen (secondary N) is 1. The van der Waals surface area contributed by atoms with Gasteiger partial charge in [0.1, 0.15) is 0 Å². The van der Waals surface area contributed by atoms with Gasteiger partial charge in [-0.1, -0.05) is 0 Å². The van der Waals surface area contributed by atoms with Crippen molar-refractivity contribution in [1.29, 1.82) is 0 Å². The summed E-state index contributed by atoms with van der Waals surface area (Å²) in [5.74, 6) is -0.504. The normalized spacial score (nSPS) is 13.0. The Morgan fingerprint density at radius 2 is 2.00 bits per heavy atom. The van der Waals surface area contributed by atoms with Crippen LogP contribution in [0.3, 0.4) is 0 Å². The Labute approximate surface area is 129 Å². The van der Waals surface area contributed by atoms with Gasteiger partial charge in [0.2, 0.25) is 0 Å². The molecule has 3 N–H and O–H groups in total. The van der Waals surface area contributed by atoms with E-state index in [1.165, 1.54) is 11.3 Å². The average molecular weight is 329 g/mol. The molecule has 0 radical (unpaired) electrons. The van der Waals surface area contributed by atoms with Crippen LogP contribution in [0.15, 0.2) is 29.6 Å². The summed E-state index contributed by atoms with van der Waals surface area (Å²) < 4.78 is 37.4. The van der Waals surface area contributed by atoms with Gasteiger partial charge >= 0.3 is 6.18 Å². The number of thiazole rings is 1. The lowest BCUT2D eigenvalue weighted by Crippen LogP contribution is -2.18. The number of hydrogen-bond acceptors (Lipinski definition) is 4. The molecule has 118 valence electrons. The third kappa shape index (κ3) is 4.28. The number of halogens is 3. The van der Waals surface area contributed by atoms with Crippen molar-refractivity contribution in [3.8, 4) is 0 Å². The Morgan fingerprint density at radius 3 is 2.55 bits per heavy atom. The molecule has 0 aliphatic heterocycles. The number of carbonyl (C=O) groups excluding carboxylic acids is 1. The minimum Gasteiger partial charge on any atom is -0.328 e. The number of nitrogens with two attached hydrogens (primary N) is 1. The van der Waals surface area contributed by atoms with Gasteiger partial charge in [-0.05, 0) is 31.2 Å². The van der Waals surface area contributed by atoms with Gasteiger partial charge in [0.05, 0.1) is 11.3 Å². The predicted molar refractivity (Wildman–Crippen MR) is 78.9 cm³/mol. The Morgan fingerprint density at radius 1 is 1.36 bits per heavy atom. The summed E-state index contributed by atoms with van der Waals surface area (Å²) >= 11 is 1.24. The molecule has 0 bridgehead atoms. The zero-order chi connectivity index (χ0) is 16.3. The van der Waals surface area contributed by atoms with Gasteiger partial charge in [-0.25, -0.2) is 4.98 Å². The number of carbonyl (C=O) groups is 1. The van der Waals surface area contributed by atoms with E-state index in [-0.39, 0.29) is 11.6 Å². The number of aromatic nitrogens is 1. The highest BCUT2D eigenvalue weighted by atomic mass is 32.1. The molecule has 1 aromatic carbocycles. The lowest BCUT2D eigenvalue weighted by atomic mass is 10.1. The minimum atomic E-state index is -4.42. The smallest absolute Gasteiger partial charge is 0.328 e. The van der Waals surface area contributed by atoms with Gasteiger partial charge in [-0.15, -0.1) is 11.3 Å². The largest absolute Gasteiger partial charge is 0.416 e. The van der Waals surface area contributed by atoms with Crippen molar-refractivity contribution < 1.29 is 18.0 Å². The fourth-order valence-corrected chi connectivity index (χ4v) is 2.49. The zero-order valence-corrected chi connectivity index (χ0v) is 12.5. The summed E-state index contributed by atoms with van der Waals surface area (Å²) in [5, 5.41) is 4.73. The van der Waals surface area contributed by atoms with Crippen molar-refractivity contribution in [2.75, 3.05) is 5.32 Å². The number of anilines is 1. The van der Waals surface area contributed by atoms with E-state index >= 15 is 0 Å². The van der Waals surface area contributed by atoms with Crippen LogP contribution >= 0.6 is 11.3 Å². The quantitative estimate of drug-likeness (QED) is 0.904. The number of hydrogen-bond donors (Lipinski definition) is 2. The molecule has 1 aromatic heterocycles. The van der Waals surface area contributed by atoms with Crippen molar-refractivity contribution in [2.24, 2.45) is 5.73 Å². The zero-order valence-electron chi connectivity index (χ0n) is 11.6. The van der Waals surface area contributed by atoms with Gasteiger partial charge in [0, 0.05) is 23.4 Å². The summed E-state index contributed by atoms with van der Waals surface area (Å²) in [7, 11) is 0. The molecule has 2 rings (SSSR count). The standard InChI is InChI=1S/C14H14F3N3OS/c1-8(18)6-11-7-22-13(19-11)20-12(21)9-2-4-10(5-3-9)14(15,16)17/h2-5,7-8H,6,18H2,1H3,(H,19,20,21). The molecule has 22 heavy (non-hydrogen) atoms. The maximum absolute atomic E-state index is 12.5. The molecule has 1 amide bonds. The first-order valence-corrected chi connectivity index (χ1v) is 7.32. The first-order chi connectivity index (χ1) is 10.3. The van der Waals surface area contributed by atoms with Crippen molar-refractivity contribution in [3.63, 3.8) is 0 Å². The van der Waals surface area contributed by atoms with Gasteiger partial charge in [-0.3, -0.25) is 10.1 Å². The topological polar surface area (TPSA) is 68.0 Å². The highest BCUT2D eigenvalue weighted by Gasteiger charge is 2.30. The van der Waals surface area contributed by atoms with Crippen LogP contribution in [-0.4, -0.2) is 16.9 Å². The highest BCUT2D eigenvalue weighted by Crippen LogP contribution is 2.29. The van der Waals surface area contributed by atoms with Gasteiger partial charge in [0.15, 0.2) is 5.13 Å². The Balaban J connectivity index is 2.04. The van der Waals surface area contributed by atoms with Crippen molar-refractivity contribution in [3.05, 3.63) is 46.5 Å². The average Bonchev–Trinajstić information content (AvgIpc) is 2.84. The summed E-state index contributed by atoms with van der Waals surface area (Å²) in [6.07, 6.45) is -3.83. The van der Waals surface area contributed by atoms with Crippen LogP contribution in [0.25, 0.3) is 0 Å². The van der Waals surface area contributed by atoms with E-state index in [0.29, 0.717) is 11.6 Å². The van der Waals surface area contributed by atoms with Crippen LogP contribution in [0.1, 0.15) is 28.5 Å². The van der Waals surface area contributed by atoms with E-state index in [4.69, 9.17) is 5.73 Å². The van der Waals surface area contributed by atoms with E-state index in [1.54, 1.807) is 5.38 Å². The predicted octanol–water partition coefficient (Wildman–Crippen LogP) is 3.30. The summed E-state index contributed by atoms with van der Waals surface area (Å²) in [6, 6.07) is 3.97. The number of alkyl halides is 3. The lowest BCUT2D eigenvalue weighted by molar-refractivity contribution is -0.137. The molecule has 0 aliphatic rings. The SMILES string of the molecule is CC(N)Cc1csc(NC(=O)c2ccc(C(F)(F)F)cc2)n1. The van der Waals surface area contributed by atoms with Crippen molar-refractivity contribution in [2.45, 2.75) is 25.6 Å². The molecular formula is C14H14F3N3OS. The number of benzene rings is 1. The molecule has 0 saturated carbocycles. The van der Waals surface area contributed by atoms with E-state index in [2.05, 4.69) is 10.3 Å². The van der Waals surface area contributed by atoms with Crippen LogP contribution in [0, 0.1) is 0 Å². The van der Waals surface area contributed by atoms with Gasteiger partial charge < -0.3 is 5.73 Å². The Bertz CT molecular complexity index is 650. The summed E-state index contributed by atoms with van der Waals surface area (Å²) in [4.78, 5) is 16.2. The molecule has 1 heterocycles. The van der Waals surface area contributed by atoms with E-state index in [9.17, 15) is 18.0 Å². The van der Waals surface area contributed by atoms with E-state index in [0.717, 1.165) is 30.0 Å². The highest BCUT2D eigenvalue weighted by molar-refractivity contribution is 7.13. The molecule has 0 saturated heterocycles. The molecule has 0 fully saturated rings. The van der Waals surface area contributed by atoms with Crippen molar-refractivity contribution >= 4 is 22.4 Å². The second kappa shape index (κ2) is 6.45. The number of amides is 1. The molecule has 1 unspecified atom stereocenters. The first-order valence-electron chi connectivity index (χ1n) is 6.44. The summed E-state index contributed by atoms with van der Waals surface area (Å²) in [6.45, 7) is 1.85. The summed E-state index contributed by atoms with van der Waals surface area (Å²) in [5.41, 5.74) is 5.77. The third-order valence-corrected chi connectivity index (χ3v) is 3.58. The molecular weight excluding hydrogens is 315 g/mol. The van der Waals surface area contributed by atoms with Gasteiger partial charge in [-0.2, -0.15) is 13.2 Å². The monoisotopic (exact) mass is 329 g/mol. The van der Waals surface area contributed by atoms with E-state index in [1.807, 2.05) is 6.92 Å². The minimum absolute atomic E-state index is 0.0411. The first kappa shape index (κ1) is 16.4. The Kier molecular flexibility index (Phi) is 4.82. The van der Waals surface area contributed by atoms with Crippen LogP contribution in [0.5, 0.6) is 0 Å². The van der Waals surface area contributed by atoms with Crippen LogP contribution in [-0.2, 0) is 12.6 Å². The van der Waals surface area contributed by atoms with Crippen LogP contribution in [0.2, 0.25) is 0 Å². The van der Waals surface area contributed by atoms with Crippen molar-refractivity contribution in [1.82, 2.24) is 4.98 Å². The van der Waals surface area contributed by atoms with Gasteiger partial charge in [0.25, 0.3) is 5.91 Å². The fourth-order valence-electron chi connectivity index (χ4n) is 1.77. The molecule has 0 spiro atoms. The second-order valence-electron chi connectivity index (χ2n) is 4.85. The third-order valence-electron chi connectivity index (χ3n) is 2.78. The fraction of sp³-hybridized carbons (Fsp3) is 0.286. The van der Waals surface area contributed by atoms with Crippen LogP contribution in [0.4, 0.5) is 18.3 Å². The number of rotatable bonds is 4. The maximum atomic E-state index is 12.5. The molecule has 2 aromatic rings. The Hall–Kier alpha value is -1.93. The molecule has 0 aliphatic carbocycles. The molecule has 8 heteroatoms. The van der Waals surface area contributed by atoms with E-state index < -0.39 is 17.6 Å². The molecule has 4 nitrogen and oxygen atoms in total. The maximum Gasteiger partial charge on any atom is 0.416 e.